The molecule has 1 aliphatic heterocycles. The monoisotopic (exact) mass is 437 g/mol. The number of rotatable bonds is 5. The fraction of sp³-hybridized carbons (Fsp3) is 0.375. The molecule has 6 nitrogen and oxygen atoms in total. The first kappa shape index (κ1) is 20.2. The Morgan fingerprint density at radius 3 is 2.42 bits per heavy atom. The van der Waals surface area contributed by atoms with E-state index in [9.17, 15) is 9.90 Å². The minimum atomic E-state index is -0.966. The third kappa shape index (κ3) is 3.64. The number of nitrogens with zero attached hydrogens (tertiary/aromatic N) is 3. The highest BCUT2D eigenvalue weighted by molar-refractivity contribution is 6.31. The molecular formula is C24H24ClN3O3. The molecule has 0 spiro atoms. The zero-order valence-electron chi connectivity index (χ0n) is 17.7. The predicted molar refractivity (Wildman–Crippen MR) is 118 cm³/mol. The molecule has 1 unspecified atom stereocenters. The van der Waals surface area contributed by atoms with Crippen LogP contribution in [0.2, 0.25) is 5.02 Å². The van der Waals surface area contributed by atoms with Gasteiger partial charge in [-0.1, -0.05) is 23.7 Å². The maximum Gasteiger partial charge on any atom is 0.255 e. The van der Waals surface area contributed by atoms with E-state index in [1.54, 1.807) is 20.8 Å². The normalized spacial score (nSPS) is 17.2. The van der Waals surface area contributed by atoms with Crippen LogP contribution in [0.3, 0.4) is 0 Å². The fourth-order valence-corrected chi connectivity index (χ4v) is 4.96. The Balaban J connectivity index is 1.53. The van der Waals surface area contributed by atoms with Gasteiger partial charge in [0.15, 0.2) is 0 Å². The van der Waals surface area contributed by atoms with Gasteiger partial charge in [0.1, 0.15) is 0 Å². The highest BCUT2D eigenvalue weighted by Crippen LogP contribution is 2.44. The predicted octanol–water partition coefficient (Wildman–Crippen LogP) is 4.87. The van der Waals surface area contributed by atoms with E-state index in [0.29, 0.717) is 34.8 Å². The summed E-state index contributed by atoms with van der Waals surface area (Å²) in [6.45, 7) is 5.79. The molecule has 1 amide bonds. The van der Waals surface area contributed by atoms with E-state index in [1.165, 1.54) is 0 Å². The topological polar surface area (TPSA) is 79.5 Å². The summed E-state index contributed by atoms with van der Waals surface area (Å²) in [5, 5.41) is 19.3. The van der Waals surface area contributed by atoms with Crippen LogP contribution in [0.4, 0.5) is 0 Å². The third-order valence-corrected chi connectivity index (χ3v) is 6.32. The maximum absolute atomic E-state index is 13.6. The number of carbonyl (C=O) groups is 1. The van der Waals surface area contributed by atoms with Crippen LogP contribution in [-0.4, -0.2) is 37.8 Å². The van der Waals surface area contributed by atoms with Gasteiger partial charge in [-0.05, 0) is 73.6 Å². The fourth-order valence-electron chi connectivity index (χ4n) is 4.72. The lowest BCUT2D eigenvalue weighted by Crippen LogP contribution is -2.51. The number of benzene rings is 2. The number of aromatic nitrogens is 2. The van der Waals surface area contributed by atoms with Gasteiger partial charge in [-0.15, -0.1) is 10.2 Å². The van der Waals surface area contributed by atoms with Crippen molar-refractivity contribution < 1.29 is 14.3 Å². The number of amides is 1. The second kappa shape index (κ2) is 7.18. The Hall–Kier alpha value is -2.70. The van der Waals surface area contributed by atoms with Crippen molar-refractivity contribution in [1.29, 1.82) is 0 Å². The summed E-state index contributed by atoms with van der Waals surface area (Å²) in [7, 11) is 0. The first-order valence-corrected chi connectivity index (χ1v) is 10.9. The lowest BCUT2D eigenvalue weighted by molar-refractivity contribution is -0.0224. The van der Waals surface area contributed by atoms with Gasteiger partial charge in [0.05, 0.1) is 17.2 Å². The number of aliphatic hydroxyl groups is 1. The van der Waals surface area contributed by atoms with E-state index in [0.717, 1.165) is 35.1 Å². The van der Waals surface area contributed by atoms with Crippen molar-refractivity contribution in [3.8, 4) is 22.6 Å². The molecule has 1 N–H and O–H groups in total. The van der Waals surface area contributed by atoms with Crippen molar-refractivity contribution in [1.82, 2.24) is 15.1 Å². The van der Waals surface area contributed by atoms with Gasteiger partial charge in [-0.2, -0.15) is 0 Å². The minimum absolute atomic E-state index is 0.0442. The van der Waals surface area contributed by atoms with Crippen LogP contribution < -0.4 is 0 Å². The van der Waals surface area contributed by atoms with E-state index in [-0.39, 0.29) is 11.9 Å². The second-order valence-corrected chi connectivity index (χ2v) is 9.50. The highest BCUT2D eigenvalue weighted by atomic mass is 35.5. The van der Waals surface area contributed by atoms with Crippen LogP contribution in [0.1, 0.15) is 48.5 Å². The molecule has 0 radical (unpaired) electrons. The van der Waals surface area contributed by atoms with Crippen LogP contribution in [0.15, 0.2) is 40.8 Å². The molecule has 1 aromatic heterocycles. The Bertz CT molecular complexity index is 1160. The zero-order valence-corrected chi connectivity index (χ0v) is 18.5. The van der Waals surface area contributed by atoms with Gasteiger partial charge < -0.3 is 14.4 Å². The van der Waals surface area contributed by atoms with Gasteiger partial charge >= 0.3 is 0 Å². The van der Waals surface area contributed by atoms with Gasteiger partial charge in [0.25, 0.3) is 5.91 Å². The summed E-state index contributed by atoms with van der Waals surface area (Å²) in [6, 6.07) is 11.2. The lowest BCUT2D eigenvalue weighted by atomic mass is 9.92. The van der Waals surface area contributed by atoms with E-state index in [4.69, 9.17) is 16.0 Å². The van der Waals surface area contributed by atoms with Crippen LogP contribution in [0.25, 0.3) is 22.6 Å². The van der Waals surface area contributed by atoms with E-state index in [2.05, 4.69) is 10.2 Å². The van der Waals surface area contributed by atoms with Gasteiger partial charge in [-0.25, -0.2) is 0 Å². The SMILES string of the molecule is Cc1nnc(-c2ccc(-c3cc(Cl)cc4c3C(=O)N(C(C3CC3)C(C)(C)O)C4)cc2)o1. The first-order chi connectivity index (χ1) is 14.7. The van der Waals surface area contributed by atoms with Crippen molar-refractivity contribution in [2.75, 3.05) is 0 Å². The second-order valence-electron chi connectivity index (χ2n) is 9.06. The number of fused-ring (bicyclic) bond motifs is 1. The third-order valence-electron chi connectivity index (χ3n) is 6.10. The summed E-state index contributed by atoms with van der Waals surface area (Å²) >= 11 is 6.44. The van der Waals surface area contributed by atoms with Crippen LogP contribution in [-0.2, 0) is 6.54 Å². The minimum Gasteiger partial charge on any atom is -0.421 e. The van der Waals surface area contributed by atoms with Crippen molar-refractivity contribution in [3.05, 3.63) is 58.4 Å². The number of aryl methyl sites for hydroxylation is 1. The Kier molecular flexibility index (Phi) is 4.68. The smallest absolute Gasteiger partial charge is 0.255 e. The van der Waals surface area contributed by atoms with Crippen LogP contribution >= 0.6 is 11.6 Å². The molecule has 2 aromatic carbocycles. The van der Waals surface area contributed by atoms with E-state index >= 15 is 0 Å². The molecule has 1 atom stereocenters. The number of hydrogen-bond donors (Lipinski definition) is 1. The quantitative estimate of drug-likeness (QED) is 0.615. The Labute approximate surface area is 185 Å². The number of hydrogen-bond acceptors (Lipinski definition) is 5. The van der Waals surface area contributed by atoms with Crippen molar-refractivity contribution >= 4 is 17.5 Å². The Morgan fingerprint density at radius 2 is 1.84 bits per heavy atom. The molecule has 1 aliphatic carbocycles. The maximum atomic E-state index is 13.6. The van der Waals surface area contributed by atoms with Crippen molar-refractivity contribution in [2.45, 2.75) is 51.8 Å². The molecule has 0 saturated heterocycles. The summed E-state index contributed by atoms with van der Waals surface area (Å²) in [5.74, 6) is 1.26. The number of halogens is 1. The molecule has 160 valence electrons. The van der Waals surface area contributed by atoms with Gasteiger partial charge in [0.2, 0.25) is 11.8 Å². The molecule has 31 heavy (non-hydrogen) atoms. The summed E-state index contributed by atoms with van der Waals surface area (Å²) < 4.78 is 5.50. The molecule has 2 heterocycles. The first-order valence-electron chi connectivity index (χ1n) is 10.5. The van der Waals surface area contributed by atoms with Gasteiger partial charge in [-0.3, -0.25) is 4.79 Å². The molecule has 5 rings (SSSR count). The molecule has 1 fully saturated rings. The summed E-state index contributed by atoms with van der Waals surface area (Å²) in [4.78, 5) is 15.4. The van der Waals surface area contributed by atoms with Gasteiger partial charge in [0, 0.05) is 24.1 Å². The molecule has 2 aliphatic rings. The lowest BCUT2D eigenvalue weighted by Gasteiger charge is -2.37. The molecule has 1 saturated carbocycles. The molecule has 3 aromatic rings. The largest absolute Gasteiger partial charge is 0.421 e. The zero-order chi connectivity index (χ0) is 21.9. The van der Waals surface area contributed by atoms with Crippen LogP contribution in [0.5, 0.6) is 0 Å². The van der Waals surface area contributed by atoms with Crippen molar-refractivity contribution in [2.24, 2.45) is 5.92 Å². The average Bonchev–Trinajstić information content (AvgIpc) is 3.35. The molecule has 7 heteroatoms. The van der Waals surface area contributed by atoms with E-state index < -0.39 is 5.60 Å². The van der Waals surface area contributed by atoms with Crippen molar-refractivity contribution in [3.63, 3.8) is 0 Å². The highest BCUT2D eigenvalue weighted by Gasteiger charge is 2.48. The number of carbonyl (C=O) groups excluding carboxylic acids is 1. The Morgan fingerprint density at radius 1 is 1.16 bits per heavy atom. The average molecular weight is 438 g/mol. The van der Waals surface area contributed by atoms with Crippen LogP contribution in [0, 0.1) is 12.8 Å². The molecule has 0 bridgehead atoms. The standard InChI is InChI=1S/C24H24ClN3O3/c1-13-26-27-22(31-13)16-8-4-14(5-9-16)19-11-18(25)10-17-12-28(23(29)20(17)19)21(15-6-7-15)24(2,3)30/h4-5,8-11,15,21,30H,6-7,12H2,1-3H3. The summed E-state index contributed by atoms with van der Waals surface area (Å²) in [6.07, 6.45) is 2.08. The molecular weight excluding hydrogens is 414 g/mol. The van der Waals surface area contributed by atoms with E-state index in [1.807, 2.05) is 41.3 Å². The summed E-state index contributed by atoms with van der Waals surface area (Å²) in [5.41, 5.74) is 3.10.